The number of amidine groups is 1. The fourth-order valence-corrected chi connectivity index (χ4v) is 2.35. The third-order valence-corrected chi connectivity index (χ3v) is 3.96. The van der Waals surface area contributed by atoms with Crippen molar-refractivity contribution in [2.24, 2.45) is 4.99 Å². The summed E-state index contributed by atoms with van der Waals surface area (Å²) in [5.41, 5.74) is 1.73. The Morgan fingerprint density at radius 1 is 1.31 bits per heavy atom. The van der Waals surface area contributed by atoms with Gasteiger partial charge in [0.25, 0.3) is 0 Å². The molecule has 1 aromatic heterocycles. The molecule has 2 aromatic rings. The van der Waals surface area contributed by atoms with Crippen molar-refractivity contribution in [1.29, 1.82) is 0 Å². The Morgan fingerprint density at radius 2 is 1.96 bits per heavy atom. The van der Waals surface area contributed by atoms with Crippen molar-refractivity contribution >= 4 is 17.8 Å². The summed E-state index contributed by atoms with van der Waals surface area (Å²) in [6.45, 7) is 3.60. The van der Waals surface area contributed by atoms with Crippen LogP contribution in [0.2, 0.25) is 0 Å². The van der Waals surface area contributed by atoms with Gasteiger partial charge in [0.05, 0.1) is 17.1 Å². The summed E-state index contributed by atoms with van der Waals surface area (Å²) in [6.07, 6.45) is -2.39. The van der Waals surface area contributed by atoms with Gasteiger partial charge in [-0.1, -0.05) is 19.1 Å². The number of nitrogens with zero attached hydrogens (tertiary/aromatic N) is 2. The number of halogens is 3. The Balaban J connectivity index is 2.25. The minimum Gasteiger partial charge on any atom is -0.342 e. The first-order valence-electron chi connectivity index (χ1n) is 7.85. The number of allylic oxidation sites excluding steroid dienone is 1. The van der Waals surface area contributed by atoms with Crippen LogP contribution in [0.3, 0.4) is 0 Å². The molecule has 0 bridgehead atoms. The SMILES string of the molecule is CN=C(C)N/C(=C\C=O)c1cc(C(C)c2ccc(C(F)(F)F)cc2)[nH]n1. The maximum atomic E-state index is 12.7. The zero-order chi connectivity index (χ0) is 19.3. The van der Waals surface area contributed by atoms with Crippen molar-refractivity contribution in [3.63, 3.8) is 0 Å². The fourth-order valence-electron chi connectivity index (χ4n) is 2.35. The first kappa shape index (κ1) is 19.4. The van der Waals surface area contributed by atoms with E-state index in [1.807, 2.05) is 6.92 Å². The summed E-state index contributed by atoms with van der Waals surface area (Å²) in [6, 6.07) is 6.76. The van der Waals surface area contributed by atoms with Gasteiger partial charge in [0.2, 0.25) is 0 Å². The van der Waals surface area contributed by atoms with Gasteiger partial charge in [-0.25, -0.2) is 0 Å². The third kappa shape index (κ3) is 4.59. The predicted molar refractivity (Wildman–Crippen MR) is 93.8 cm³/mol. The van der Waals surface area contributed by atoms with Crippen molar-refractivity contribution in [1.82, 2.24) is 15.5 Å². The Kier molecular flexibility index (Phi) is 5.97. The molecule has 0 aliphatic rings. The van der Waals surface area contributed by atoms with Gasteiger partial charge < -0.3 is 5.32 Å². The molecule has 1 unspecified atom stereocenters. The monoisotopic (exact) mass is 364 g/mol. The second-order valence-corrected chi connectivity index (χ2v) is 5.70. The molecule has 0 saturated carbocycles. The average Bonchev–Trinajstić information content (AvgIpc) is 3.10. The quantitative estimate of drug-likeness (QED) is 0.367. The van der Waals surface area contributed by atoms with E-state index in [0.717, 1.165) is 12.1 Å². The number of carbonyl (C=O) groups excluding carboxylic acids is 1. The van der Waals surface area contributed by atoms with E-state index < -0.39 is 11.7 Å². The van der Waals surface area contributed by atoms with E-state index in [4.69, 9.17) is 0 Å². The number of hydrogen-bond acceptors (Lipinski definition) is 3. The molecule has 138 valence electrons. The highest BCUT2D eigenvalue weighted by atomic mass is 19.4. The van der Waals surface area contributed by atoms with Gasteiger partial charge in [0.1, 0.15) is 12.0 Å². The van der Waals surface area contributed by atoms with Crippen molar-refractivity contribution in [2.45, 2.75) is 25.9 Å². The van der Waals surface area contributed by atoms with Gasteiger partial charge >= 0.3 is 6.18 Å². The van der Waals surface area contributed by atoms with Crippen LogP contribution in [0.15, 0.2) is 41.4 Å². The molecule has 1 aromatic carbocycles. The Bertz CT molecular complexity index is 820. The number of H-pyrrole nitrogens is 1. The second kappa shape index (κ2) is 7.99. The molecular formula is C18H19F3N4O. The second-order valence-electron chi connectivity index (χ2n) is 5.70. The molecule has 0 spiro atoms. The maximum absolute atomic E-state index is 12.7. The Hall–Kier alpha value is -2.90. The smallest absolute Gasteiger partial charge is 0.342 e. The molecule has 2 rings (SSSR count). The lowest BCUT2D eigenvalue weighted by molar-refractivity contribution is -0.137. The number of alkyl halides is 3. The number of aromatic amines is 1. The summed E-state index contributed by atoms with van der Waals surface area (Å²) in [5.74, 6) is 0.412. The first-order chi connectivity index (χ1) is 12.3. The molecule has 2 N–H and O–H groups in total. The van der Waals surface area contributed by atoms with Crippen molar-refractivity contribution in [3.05, 3.63) is 58.9 Å². The number of aromatic nitrogens is 2. The van der Waals surface area contributed by atoms with Crippen LogP contribution < -0.4 is 5.32 Å². The van der Waals surface area contributed by atoms with Gasteiger partial charge in [-0.05, 0) is 30.7 Å². The largest absolute Gasteiger partial charge is 0.416 e. The highest BCUT2D eigenvalue weighted by molar-refractivity contribution is 5.92. The first-order valence-corrected chi connectivity index (χ1v) is 7.85. The topological polar surface area (TPSA) is 70.1 Å². The van der Waals surface area contributed by atoms with E-state index in [0.29, 0.717) is 34.8 Å². The molecule has 8 heteroatoms. The van der Waals surface area contributed by atoms with Crippen LogP contribution in [-0.4, -0.2) is 29.4 Å². The number of aliphatic imine (C=N–C) groups is 1. The van der Waals surface area contributed by atoms with Gasteiger partial charge in [0, 0.05) is 24.7 Å². The standard InChI is InChI=1S/C18H19F3N4O/c1-11(13-4-6-14(7-5-13)18(19,20)21)16-10-17(25-24-16)15(8-9-26)23-12(2)22-3/h4-11H,1-3H3,(H,22,23)(H,24,25)/b15-8-. The van der Waals surface area contributed by atoms with E-state index >= 15 is 0 Å². The van der Waals surface area contributed by atoms with Crippen LogP contribution in [0.5, 0.6) is 0 Å². The molecule has 0 aliphatic carbocycles. The van der Waals surface area contributed by atoms with Crippen LogP contribution in [-0.2, 0) is 11.0 Å². The lowest BCUT2D eigenvalue weighted by atomic mass is 9.96. The molecular weight excluding hydrogens is 345 g/mol. The number of nitrogens with one attached hydrogen (secondary N) is 2. The zero-order valence-corrected chi connectivity index (χ0v) is 14.6. The zero-order valence-electron chi connectivity index (χ0n) is 14.6. The van der Waals surface area contributed by atoms with Gasteiger partial charge in [-0.2, -0.15) is 18.3 Å². The van der Waals surface area contributed by atoms with Crippen LogP contribution >= 0.6 is 0 Å². The summed E-state index contributed by atoms with van der Waals surface area (Å²) < 4.78 is 38.0. The summed E-state index contributed by atoms with van der Waals surface area (Å²) in [5, 5.41) is 10.0. The van der Waals surface area contributed by atoms with Crippen molar-refractivity contribution < 1.29 is 18.0 Å². The lowest BCUT2D eigenvalue weighted by Crippen LogP contribution is -2.19. The molecule has 1 atom stereocenters. The van der Waals surface area contributed by atoms with Crippen LogP contribution in [0.1, 0.15) is 42.3 Å². The van der Waals surface area contributed by atoms with E-state index in [1.54, 1.807) is 20.0 Å². The molecule has 5 nitrogen and oxygen atoms in total. The van der Waals surface area contributed by atoms with E-state index in [-0.39, 0.29) is 5.92 Å². The summed E-state index contributed by atoms with van der Waals surface area (Å²) in [7, 11) is 1.61. The minimum absolute atomic E-state index is 0.197. The molecule has 0 aliphatic heterocycles. The van der Waals surface area contributed by atoms with Gasteiger partial charge in [-0.15, -0.1) is 0 Å². The van der Waals surface area contributed by atoms with Crippen molar-refractivity contribution in [2.75, 3.05) is 7.05 Å². The third-order valence-electron chi connectivity index (χ3n) is 3.96. The maximum Gasteiger partial charge on any atom is 0.416 e. The predicted octanol–water partition coefficient (Wildman–Crippen LogP) is 3.76. The molecule has 1 heterocycles. The van der Waals surface area contributed by atoms with Gasteiger partial charge in [-0.3, -0.25) is 14.9 Å². The molecule has 26 heavy (non-hydrogen) atoms. The van der Waals surface area contributed by atoms with E-state index in [2.05, 4.69) is 20.5 Å². The highest BCUT2D eigenvalue weighted by Crippen LogP contribution is 2.31. The van der Waals surface area contributed by atoms with Crippen LogP contribution in [0.4, 0.5) is 13.2 Å². The average molecular weight is 364 g/mol. The fraction of sp³-hybridized carbons (Fsp3) is 0.278. The number of aldehydes is 1. The number of rotatable bonds is 5. The lowest BCUT2D eigenvalue weighted by Gasteiger charge is -2.12. The normalized spacial score (nSPS) is 14.2. The van der Waals surface area contributed by atoms with E-state index in [1.165, 1.54) is 18.2 Å². The molecule has 0 radical (unpaired) electrons. The molecule has 0 amide bonds. The molecule has 0 fully saturated rings. The summed E-state index contributed by atoms with van der Waals surface area (Å²) >= 11 is 0. The Labute approximate surface area is 149 Å². The summed E-state index contributed by atoms with van der Waals surface area (Å²) in [4.78, 5) is 14.8. The van der Waals surface area contributed by atoms with Crippen LogP contribution in [0, 0.1) is 0 Å². The highest BCUT2D eigenvalue weighted by Gasteiger charge is 2.30. The number of carbonyl (C=O) groups is 1. The van der Waals surface area contributed by atoms with Crippen molar-refractivity contribution in [3.8, 4) is 0 Å². The van der Waals surface area contributed by atoms with E-state index in [9.17, 15) is 18.0 Å². The minimum atomic E-state index is -4.36. The van der Waals surface area contributed by atoms with Crippen LogP contribution in [0.25, 0.3) is 5.70 Å². The Morgan fingerprint density at radius 3 is 2.50 bits per heavy atom. The number of benzene rings is 1. The molecule has 0 saturated heterocycles. The number of hydrogen-bond donors (Lipinski definition) is 2. The van der Waals surface area contributed by atoms with Gasteiger partial charge in [0.15, 0.2) is 0 Å².